The minimum absolute atomic E-state index is 0.0117. The summed E-state index contributed by atoms with van der Waals surface area (Å²) in [7, 11) is 0. The van der Waals surface area contributed by atoms with Crippen LogP contribution in [0.15, 0.2) is 0 Å². The molecule has 4 atom stereocenters. The van der Waals surface area contributed by atoms with Crippen molar-refractivity contribution in [2.45, 2.75) is 83.0 Å². The third-order valence-corrected chi connectivity index (χ3v) is 5.13. The topological polar surface area (TPSA) is 257 Å². The zero-order valence-corrected chi connectivity index (χ0v) is 20.1. The summed E-state index contributed by atoms with van der Waals surface area (Å²) in [6.45, 7) is 3.61. The average Bonchev–Trinajstić information content (AvgIpc) is 2.76. The molecule has 0 rings (SSSR count). The lowest BCUT2D eigenvalue weighted by atomic mass is 10.0. The third-order valence-electron chi connectivity index (χ3n) is 5.13. The van der Waals surface area contributed by atoms with Gasteiger partial charge in [0.1, 0.15) is 18.1 Å². The number of aliphatic carboxylic acids is 2. The molecule has 0 saturated heterocycles. The number of primary amides is 1. The predicted octanol–water partition coefficient (Wildman–Crippen LogP) is -2.23. The van der Waals surface area contributed by atoms with Crippen LogP contribution in [0.3, 0.4) is 0 Å². The summed E-state index contributed by atoms with van der Waals surface area (Å²) >= 11 is 0. The first-order valence-corrected chi connectivity index (χ1v) is 11.4. The van der Waals surface area contributed by atoms with E-state index in [1.807, 2.05) is 0 Å². The minimum atomic E-state index is -1.46. The highest BCUT2D eigenvalue weighted by atomic mass is 16.4. The molecule has 0 bridgehead atoms. The van der Waals surface area contributed by atoms with Gasteiger partial charge in [-0.05, 0) is 44.6 Å². The molecule has 0 aliphatic rings. The van der Waals surface area contributed by atoms with Gasteiger partial charge in [0.25, 0.3) is 0 Å². The first-order chi connectivity index (χ1) is 16.3. The highest BCUT2D eigenvalue weighted by Gasteiger charge is 2.32. The lowest BCUT2D eigenvalue weighted by Crippen LogP contribution is -2.58. The van der Waals surface area contributed by atoms with Gasteiger partial charge in [-0.2, -0.15) is 0 Å². The van der Waals surface area contributed by atoms with Gasteiger partial charge < -0.3 is 43.4 Å². The van der Waals surface area contributed by atoms with E-state index in [2.05, 4.69) is 16.0 Å². The highest BCUT2D eigenvalue weighted by Crippen LogP contribution is 2.08. The number of nitrogens with one attached hydrogen (secondary N) is 3. The van der Waals surface area contributed by atoms with Crippen molar-refractivity contribution in [1.29, 1.82) is 0 Å². The quantitative estimate of drug-likeness (QED) is 0.0935. The molecule has 0 aliphatic heterocycles. The summed E-state index contributed by atoms with van der Waals surface area (Å²) in [5, 5.41) is 25.4. The van der Waals surface area contributed by atoms with E-state index in [1.165, 1.54) is 0 Å². The molecule has 14 heteroatoms. The molecular weight excluding hydrogens is 464 g/mol. The van der Waals surface area contributed by atoms with Gasteiger partial charge in [0, 0.05) is 12.8 Å². The van der Waals surface area contributed by atoms with Gasteiger partial charge in [-0.1, -0.05) is 13.8 Å². The van der Waals surface area contributed by atoms with Crippen molar-refractivity contribution in [3.05, 3.63) is 0 Å². The predicted molar refractivity (Wildman–Crippen MR) is 124 cm³/mol. The minimum Gasteiger partial charge on any atom is -0.481 e. The Morgan fingerprint density at radius 2 is 1.37 bits per heavy atom. The fourth-order valence-corrected chi connectivity index (χ4v) is 3.04. The molecule has 0 heterocycles. The molecule has 0 fully saturated rings. The Morgan fingerprint density at radius 1 is 0.771 bits per heavy atom. The van der Waals surface area contributed by atoms with Gasteiger partial charge >= 0.3 is 11.9 Å². The highest BCUT2D eigenvalue weighted by molar-refractivity contribution is 5.94. The number of amides is 4. The number of nitrogens with two attached hydrogens (primary N) is 3. The van der Waals surface area contributed by atoms with Crippen LogP contribution < -0.4 is 33.2 Å². The number of carbonyl (C=O) groups excluding carboxylic acids is 4. The maximum Gasteiger partial charge on any atom is 0.326 e. The van der Waals surface area contributed by atoms with Gasteiger partial charge in [0.15, 0.2) is 0 Å². The monoisotopic (exact) mass is 502 g/mol. The van der Waals surface area contributed by atoms with Crippen molar-refractivity contribution in [3.8, 4) is 0 Å². The average molecular weight is 503 g/mol. The zero-order chi connectivity index (χ0) is 27.1. The molecule has 4 amide bonds. The maximum absolute atomic E-state index is 13.0. The molecule has 0 aromatic rings. The van der Waals surface area contributed by atoms with Crippen molar-refractivity contribution in [2.75, 3.05) is 6.54 Å². The smallest absolute Gasteiger partial charge is 0.326 e. The maximum atomic E-state index is 13.0. The molecule has 35 heavy (non-hydrogen) atoms. The zero-order valence-electron chi connectivity index (χ0n) is 20.1. The fraction of sp³-hybridized carbons (Fsp3) is 0.714. The SMILES string of the molecule is CC(C)C(NC(=O)C(CCCCN)NC(=O)C(N)CCC(N)=O)C(=O)NC(CCC(=O)O)C(=O)O. The van der Waals surface area contributed by atoms with Crippen LogP contribution in [0.4, 0.5) is 0 Å². The van der Waals surface area contributed by atoms with Crippen LogP contribution >= 0.6 is 0 Å². The summed E-state index contributed by atoms with van der Waals surface area (Å²) in [5.74, 6) is -5.90. The van der Waals surface area contributed by atoms with Crippen molar-refractivity contribution in [1.82, 2.24) is 16.0 Å². The Morgan fingerprint density at radius 3 is 1.86 bits per heavy atom. The Labute approximate surface area is 203 Å². The summed E-state index contributed by atoms with van der Waals surface area (Å²) in [5.41, 5.74) is 16.3. The molecule has 0 saturated carbocycles. The Kier molecular flexibility index (Phi) is 14.9. The third kappa shape index (κ3) is 13.3. The van der Waals surface area contributed by atoms with Crippen LogP contribution in [0.25, 0.3) is 0 Å². The summed E-state index contributed by atoms with van der Waals surface area (Å²) in [4.78, 5) is 71.2. The van der Waals surface area contributed by atoms with Crippen LogP contribution in [-0.4, -0.2) is 76.5 Å². The van der Waals surface area contributed by atoms with Crippen molar-refractivity contribution < 1.29 is 39.0 Å². The van der Waals surface area contributed by atoms with Crippen LogP contribution in [0.2, 0.25) is 0 Å². The number of carboxylic acid groups (broad SMARTS) is 2. The lowest BCUT2D eigenvalue weighted by molar-refractivity contribution is -0.143. The Balaban J connectivity index is 5.41. The molecule has 11 N–H and O–H groups in total. The molecule has 0 radical (unpaired) electrons. The first-order valence-electron chi connectivity index (χ1n) is 11.4. The van der Waals surface area contributed by atoms with Crippen LogP contribution in [-0.2, 0) is 28.8 Å². The number of hydrogen-bond acceptors (Lipinski definition) is 8. The Bertz CT molecular complexity index is 760. The molecule has 0 aromatic carbocycles. The molecule has 4 unspecified atom stereocenters. The number of hydrogen-bond donors (Lipinski definition) is 8. The largest absolute Gasteiger partial charge is 0.481 e. The van der Waals surface area contributed by atoms with Gasteiger partial charge in [0.2, 0.25) is 23.6 Å². The van der Waals surface area contributed by atoms with E-state index in [1.54, 1.807) is 13.8 Å². The number of unbranched alkanes of at least 4 members (excludes halogenated alkanes) is 1. The van der Waals surface area contributed by atoms with E-state index in [4.69, 9.17) is 22.3 Å². The second-order valence-electron chi connectivity index (χ2n) is 8.52. The number of carboxylic acids is 2. The molecule has 0 aliphatic carbocycles. The van der Waals surface area contributed by atoms with Crippen LogP contribution in [0.5, 0.6) is 0 Å². The van der Waals surface area contributed by atoms with Gasteiger partial charge in [0.05, 0.1) is 6.04 Å². The molecular formula is C21H38N6O8. The number of rotatable bonds is 18. The van der Waals surface area contributed by atoms with E-state index in [0.29, 0.717) is 19.4 Å². The van der Waals surface area contributed by atoms with Gasteiger partial charge in [-0.3, -0.25) is 24.0 Å². The van der Waals surface area contributed by atoms with Crippen molar-refractivity contribution in [3.63, 3.8) is 0 Å². The van der Waals surface area contributed by atoms with Gasteiger partial charge in [-0.15, -0.1) is 0 Å². The summed E-state index contributed by atoms with van der Waals surface area (Å²) in [6, 6.07) is -4.77. The van der Waals surface area contributed by atoms with E-state index in [9.17, 15) is 33.9 Å². The van der Waals surface area contributed by atoms with Crippen molar-refractivity contribution >= 4 is 35.6 Å². The second-order valence-corrected chi connectivity index (χ2v) is 8.52. The molecule has 14 nitrogen and oxygen atoms in total. The Hall–Kier alpha value is -3.26. The second kappa shape index (κ2) is 16.4. The van der Waals surface area contributed by atoms with Crippen LogP contribution in [0.1, 0.15) is 58.8 Å². The van der Waals surface area contributed by atoms with Gasteiger partial charge in [-0.25, -0.2) is 4.79 Å². The van der Waals surface area contributed by atoms with Crippen molar-refractivity contribution in [2.24, 2.45) is 23.1 Å². The number of carbonyl (C=O) groups is 6. The lowest BCUT2D eigenvalue weighted by Gasteiger charge is -2.27. The van der Waals surface area contributed by atoms with E-state index in [0.717, 1.165) is 0 Å². The normalized spacial score (nSPS) is 14.3. The van der Waals surface area contributed by atoms with E-state index < -0.39 is 72.1 Å². The van der Waals surface area contributed by atoms with E-state index >= 15 is 0 Å². The molecule has 0 aromatic heterocycles. The summed E-state index contributed by atoms with van der Waals surface area (Å²) < 4.78 is 0. The van der Waals surface area contributed by atoms with E-state index in [-0.39, 0.29) is 25.7 Å². The first kappa shape index (κ1) is 31.7. The molecule has 0 spiro atoms. The standard InChI is InChI=1S/C21H38N6O8/c1-11(2)17(20(33)26-14(21(34)35)7-9-16(29)30)27-19(32)13(5-3-4-10-22)25-18(31)12(23)6-8-15(24)28/h11-14,17H,3-10,22-23H2,1-2H3,(H2,24,28)(H,25,31)(H,26,33)(H,27,32)(H,29,30)(H,34,35). The molecule has 200 valence electrons. The summed E-state index contributed by atoms with van der Waals surface area (Å²) in [6.07, 6.45) is 0.325. The van der Waals surface area contributed by atoms with Crippen LogP contribution in [0, 0.1) is 5.92 Å². The fourth-order valence-electron chi connectivity index (χ4n) is 3.04.